The van der Waals surface area contributed by atoms with Gasteiger partial charge >= 0.3 is 22.5 Å². The molecule has 2 aromatic heterocycles. The first-order valence-electron chi connectivity index (χ1n) is 10.6. The van der Waals surface area contributed by atoms with E-state index < -0.39 is 34.5 Å². The minimum Gasteiger partial charge on any atom is -0.364 e. The van der Waals surface area contributed by atoms with Crippen LogP contribution in [0.2, 0.25) is 0 Å². The molecule has 33 heavy (non-hydrogen) atoms. The van der Waals surface area contributed by atoms with Gasteiger partial charge in [-0.25, -0.2) is 9.59 Å². The molecule has 176 valence electrons. The average molecular weight is 480 g/mol. The van der Waals surface area contributed by atoms with Gasteiger partial charge in [-0.05, 0) is 25.7 Å². The van der Waals surface area contributed by atoms with E-state index in [0.29, 0.717) is 37.1 Å². The summed E-state index contributed by atoms with van der Waals surface area (Å²) in [5.74, 6) is 0. The number of urea groups is 2. The van der Waals surface area contributed by atoms with Gasteiger partial charge in [0.05, 0.1) is 24.2 Å². The molecule has 0 saturated carbocycles. The Morgan fingerprint density at radius 2 is 1.24 bits per heavy atom. The highest BCUT2D eigenvalue weighted by Gasteiger charge is 2.51. The van der Waals surface area contributed by atoms with Crippen molar-refractivity contribution >= 4 is 22.5 Å². The number of piperidine rings is 2. The Balaban J connectivity index is 1.15. The Bertz CT molecular complexity index is 1070. The largest absolute Gasteiger partial charge is 0.442 e. The first-order valence-corrected chi connectivity index (χ1v) is 11.9. The monoisotopic (exact) mass is 480 g/mol. The zero-order chi connectivity index (χ0) is 22.7. The van der Waals surface area contributed by atoms with E-state index in [1.807, 2.05) is 0 Å². The van der Waals surface area contributed by atoms with Gasteiger partial charge in [0, 0.05) is 25.2 Å². The molecule has 4 fully saturated rings. The minimum atomic E-state index is -4.75. The molecule has 2 aromatic rings. The Morgan fingerprint density at radius 3 is 1.64 bits per heavy atom. The van der Waals surface area contributed by atoms with Crippen molar-refractivity contribution < 1.29 is 35.6 Å². The van der Waals surface area contributed by atoms with Gasteiger partial charge in [-0.3, -0.25) is 0 Å². The maximum absolute atomic E-state index is 12.9. The third kappa shape index (κ3) is 3.34. The molecule has 4 aliphatic rings. The highest BCUT2D eigenvalue weighted by molar-refractivity contribution is 7.81. The number of rotatable bonds is 6. The van der Waals surface area contributed by atoms with E-state index in [2.05, 4.69) is 10.3 Å². The molecule has 0 aromatic carbocycles. The van der Waals surface area contributed by atoms with Crippen LogP contribution in [0.4, 0.5) is 9.59 Å². The van der Waals surface area contributed by atoms with Crippen molar-refractivity contribution in [2.45, 2.75) is 49.9 Å². The first-order chi connectivity index (χ1) is 15.9. The summed E-state index contributed by atoms with van der Waals surface area (Å²) >= 11 is 0. The minimum absolute atomic E-state index is 0.282. The standard InChI is InChI=1S/C18H20N6O8S/c25-17-21-9-11(1-3-15(21)13-5-7-29-19-13)23(17)31-33(27,28)32-24-12-2-4-16(14-6-8-30-20-14)22(10-12)18(24)26/h5-8,11-12,15-16H,1-4,9-10H2/t11-,12-,15+,16+/m1/s1. The van der Waals surface area contributed by atoms with Gasteiger partial charge in [0.15, 0.2) is 0 Å². The van der Waals surface area contributed by atoms with E-state index in [4.69, 9.17) is 17.6 Å². The van der Waals surface area contributed by atoms with Gasteiger partial charge in [-0.15, -0.1) is 8.57 Å². The number of hydroxylamine groups is 4. The lowest BCUT2D eigenvalue weighted by Crippen LogP contribution is -2.41. The van der Waals surface area contributed by atoms with Gasteiger partial charge in [0.1, 0.15) is 23.9 Å². The van der Waals surface area contributed by atoms with Crippen LogP contribution in [0.1, 0.15) is 49.2 Å². The zero-order valence-corrected chi connectivity index (χ0v) is 18.0. The SMILES string of the molecule is O=C1N2C[C@@H](CC[C@H]2c2ccon2)N1OS(=O)(=O)ON1C(=O)N2C[C@H]1CC[C@H]2c1ccon1. The summed E-state index contributed by atoms with van der Waals surface area (Å²) in [5, 5.41) is 9.40. The summed E-state index contributed by atoms with van der Waals surface area (Å²) in [6, 6.07) is 0.523. The molecule has 0 unspecified atom stereocenters. The quantitative estimate of drug-likeness (QED) is 0.592. The summed E-state index contributed by atoms with van der Waals surface area (Å²) in [4.78, 5) is 28.7. The smallest absolute Gasteiger partial charge is 0.364 e. The second kappa shape index (κ2) is 7.43. The second-order valence-corrected chi connectivity index (χ2v) is 9.54. The molecule has 14 nitrogen and oxygen atoms in total. The van der Waals surface area contributed by atoms with Crippen LogP contribution < -0.4 is 0 Å². The summed E-state index contributed by atoms with van der Waals surface area (Å²) in [6.07, 6.45) is 5.01. The molecule has 4 amide bonds. The summed E-state index contributed by atoms with van der Waals surface area (Å²) in [6.45, 7) is 0.564. The number of hydrogen-bond donors (Lipinski definition) is 0. The van der Waals surface area contributed by atoms with E-state index in [-0.39, 0.29) is 25.2 Å². The molecule has 4 saturated heterocycles. The molecule has 0 radical (unpaired) electrons. The van der Waals surface area contributed by atoms with Crippen LogP contribution in [0.3, 0.4) is 0 Å². The van der Waals surface area contributed by atoms with Gasteiger partial charge in [-0.1, -0.05) is 10.3 Å². The number of aromatic nitrogens is 2. The maximum Gasteiger partial charge on any atom is 0.442 e. The summed E-state index contributed by atoms with van der Waals surface area (Å²) in [7, 11) is -4.75. The van der Waals surface area contributed by atoms with Gasteiger partial charge in [-0.2, -0.15) is 18.5 Å². The molecule has 4 bridgehead atoms. The van der Waals surface area contributed by atoms with Crippen molar-refractivity contribution in [2.75, 3.05) is 13.1 Å². The molecule has 4 aliphatic heterocycles. The Hall–Kier alpha value is -3.17. The van der Waals surface area contributed by atoms with Crippen LogP contribution in [0, 0.1) is 0 Å². The number of carbonyl (C=O) groups excluding carboxylic acids is 2. The number of carbonyl (C=O) groups is 2. The molecular weight excluding hydrogens is 460 g/mol. The third-order valence-corrected chi connectivity index (χ3v) is 7.27. The molecule has 0 aliphatic carbocycles. The molecule has 4 atom stereocenters. The predicted molar refractivity (Wildman–Crippen MR) is 104 cm³/mol. The van der Waals surface area contributed by atoms with Crippen molar-refractivity contribution in [3.8, 4) is 0 Å². The van der Waals surface area contributed by atoms with Crippen LogP contribution in [0.15, 0.2) is 33.7 Å². The van der Waals surface area contributed by atoms with Crippen molar-refractivity contribution in [1.29, 1.82) is 0 Å². The molecule has 15 heteroatoms. The van der Waals surface area contributed by atoms with E-state index in [0.717, 1.165) is 10.1 Å². The van der Waals surface area contributed by atoms with Gasteiger partial charge in [0.25, 0.3) is 0 Å². The van der Waals surface area contributed by atoms with E-state index in [1.54, 1.807) is 12.1 Å². The Kier molecular flexibility index (Phi) is 4.60. The number of fused-ring (bicyclic) bond motifs is 4. The Labute approximate surface area is 187 Å². The van der Waals surface area contributed by atoms with Crippen LogP contribution in [0.25, 0.3) is 0 Å². The predicted octanol–water partition coefficient (Wildman–Crippen LogP) is 1.35. The second-order valence-electron chi connectivity index (χ2n) is 8.42. The molecule has 6 heterocycles. The van der Waals surface area contributed by atoms with Crippen LogP contribution in [0.5, 0.6) is 0 Å². The lowest BCUT2D eigenvalue weighted by molar-refractivity contribution is -0.0841. The average Bonchev–Trinajstić information content (AvgIpc) is 3.60. The maximum atomic E-state index is 12.9. The van der Waals surface area contributed by atoms with Crippen LogP contribution in [-0.4, -0.2) is 75.9 Å². The van der Waals surface area contributed by atoms with E-state index >= 15 is 0 Å². The summed E-state index contributed by atoms with van der Waals surface area (Å²) in [5.41, 5.74) is 1.18. The van der Waals surface area contributed by atoms with Gasteiger partial charge < -0.3 is 18.8 Å². The van der Waals surface area contributed by atoms with Crippen LogP contribution in [-0.2, 0) is 19.0 Å². The van der Waals surface area contributed by atoms with Crippen molar-refractivity contribution in [3.05, 3.63) is 36.0 Å². The normalized spacial score (nSPS) is 29.5. The molecular formula is C18H20N6O8S. The number of nitrogens with zero attached hydrogens (tertiary/aromatic N) is 6. The third-order valence-electron chi connectivity index (χ3n) is 6.59. The fourth-order valence-electron chi connectivity index (χ4n) is 5.07. The zero-order valence-electron chi connectivity index (χ0n) is 17.2. The number of amides is 4. The first kappa shape index (κ1) is 20.4. The highest BCUT2D eigenvalue weighted by Crippen LogP contribution is 2.40. The van der Waals surface area contributed by atoms with E-state index in [9.17, 15) is 18.0 Å². The highest BCUT2D eigenvalue weighted by atomic mass is 32.3. The lowest BCUT2D eigenvalue weighted by atomic mass is 9.99. The molecule has 0 N–H and O–H groups in total. The van der Waals surface area contributed by atoms with Crippen molar-refractivity contribution in [1.82, 2.24) is 30.2 Å². The lowest BCUT2D eigenvalue weighted by Gasteiger charge is -2.28. The fraction of sp³-hybridized carbons (Fsp3) is 0.556. The molecule has 6 rings (SSSR count). The van der Waals surface area contributed by atoms with E-state index in [1.165, 1.54) is 22.3 Å². The number of hydrogen-bond acceptors (Lipinski definition) is 10. The fourth-order valence-corrected chi connectivity index (χ4v) is 5.86. The topological polar surface area (TPSA) is 152 Å². The Morgan fingerprint density at radius 1 is 0.788 bits per heavy atom. The summed E-state index contributed by atoms with van der Waals surface area (Å²) < 4.78 is 45.3. The van der Waals surface area contributed by atoms with Crippen LogP contribution >= 0.6 is 0 Å². The van der Waals surface area contributed by atoms with Crippen molar-refractivity contribution in [2.24, 2.45) is 0 Å². The molecule has 0 spiro atoms. The van der Waals surface area contributed by atoms with Gasteiger partial charge in [0.2, 0.25) is 0 Å². The van der Waals surface area contributed by atoms with Crippen molar-refractivity contribution in [3.63, 3.8) is 0 Å².